The molecule has 0 aliphatic rings. The Hall–Kier alpha value is -2.24. The van der Waals surface area contributed by atoms with Crippen molar-refractivity contribution in [3.63, 3.8) is 0 Å². The molecule has 19 heavy (non-hydrogen) atoms. The molecule has 0 aliphatic carbocycles. The van der Waals surface area contributed by atoms with Gasteiger partial charge in [0.2, 0.25) is 0 Å². The number of amides is 1. The number of phenolic OH excluding ortho intramolecular Hbond substituents is 1. The number of phenols is 1. The molecule has 0 atom stereocenters. The molecule has 0 saturated heterocycles. The van der Waals surface area contributed by atoms with Gasteiger partial charge in [0.1, 0.15) is 11.4 Å². The number of carbonyl (C=O) groups is 2. The summed E-state index contributed by atoms with van der Waals surface area (Å²) in [6, 6.07) is 3.93. The number of carboxylic acid groups (broad SMARTS) is 1. The van der Waals surface area contributed by atoms with Gasteiger partial charge in [-0.2, -0.15) is 0 Å². The minimum Gasteiger partial charge on any atom is -0.508 e. The van der Waals surface area contributed by atoms with Gasteiger partial charge in [0.25, 0.3) is 0 Å². The molecule has 1 aromatic rings. The first kappa shape index (κ1) is 14.8. The zero-order chi connectivity index (χ0) is 14.6. The summed E-state index contributed by atoms with van der Waals surface area (Å²) in [5, 5.41) is 20.9. The summed E-state index contributed by atoms with van der Waals surface area (Å²) in [6.45, 7) is 5.28. The van der Waals surface area contributed by atoms with Gasteiger partial charge in [-0.3, -0.25) is 0 Å². The average Bonchev–Trinajstić information content (AvgIpc) is 2.24. The average molecular weight is 267 g/mol. The van der Waals surface area contributed by atoms with Crippen LogP contribution in [-0.2, 0) is 11.3 Å². The maximum absolute atomic E-state index is 11.4. The van der Waals surface area contributed by atoms with E-state index in [-0.39, 0.29) is 17.9 Å². The van der Waals surface area contributed by atoms with Crippen LogP contribution in [0.5, 0.6) is 5.75 Å². The summed E-state index contributed by atoms with van der Waals surface area (Å²) in [5.74, 6) is -1.31. The van der Waals surface area contributed by atoms with Crippen LogP contribution in [0, 0.1) is 0 Å². The van der Waals surface area contributed by atoms with Gasteiger partial charge in [0, 0.05) is 12.1 Å². The Morgan fingerprint density at radius 3 is 2.42 bits per heavy atom. The van der Waals surface area contributed by atoms with Crippen molar-refractivity contribution < 1.29 is 24.5 Å². The molecule has 1 aromatic carbocycles. The van der Waals surface area contributed by atoms with Crippen LogP contribution in [0.4, 0.5) is 4.79 Å². The molecule has 0 bridgehead atoms. The van der Waals surface area contributed by atoms with E-state index in [9.17, 15) is 14.7 Å². The highest BCUT2D eigenvalue weighted by atomic mass is 16.6. The van der Waals surface area contributed by atoms with E-state index in [4.69, 9.17) is 9.84 Å². The standard InChI is InChI=1S/C13H17NO5/c1-13(2,3)19-12(18)14-7-9-5-4-8(11(16)17)6-10(9)15/h4-6,15H,7H2,1-3H3,(H,14,18)(H,16,17). The second-order valence-corrected chi connectivity index (χ2v) is 5.00. The fraction of sp³-hybridized carbons (Fsp3) is 0.385. The predicted octanol–water partition coefficient (Wildman–Crippen LogP) is 2.12. The van der Waals surface area contributed by atoms with Crippen molar-refractivity contribution in [3.8, 4) is 5.75 Å². The second-order valence-electron chi connectivity index (χ2n) is 5.00. The predicted molar refractivity (Wildman–Crippen MR) is 68.1 cm³/mol. The molecular formula is C13H17NO5. The number of hydrogen-bond donors (Lipinski definition) is 3. The lowest BCUT2D eigenvalue weighted by molar-refractivity contribution is 0.0522. The first-order valence-corrected chi connectivity index (χ1v) is 5.71. The van der Waals surface area contributed by atoms with Crippen LogP contribution in [0.25, 0.3) is 0 Å². The molecule has 0 spiro atoms. The van der Waals surface area contributed by atoms with Gasteiger partial charge in [-0.05, 0) is 32.9 Å². The first-order chi connectivity index (χ1) is 8.69. The first-order valence-electron chi connectivity index (χ1n) is 5.71. The van der Waals surface area contributed by atoms with Crippen LogP contribution < -0.4 is 5.32 Å². The molecule has 1 amide bonds. The van der Waals surface area contributed by atoms with Crippen molar-refractivity contribution in [2.75, 3.05) is 0 Å². The number of nitrogens with one attached hydrogen (secondary N) is 1. The Morgan fingerprint density at radius 1 is 1.32 bits per heavy atom. The number of carboxylic acids is 1. The molecule has 0 unspecified atom stereocenters. The van der Waals surface area contributed by atoms with E-state index in [0.29, 0.717) is 5.56 Å². The van der Waals surface area contributed by atoms with E-state index in [2.05, 4.69) is 5.32 Å². The summed E-state index contributed by atoms with van der Waals surface area (Å²) in [4.78, 5) is 22.1. The SMILES string of the molecule is CC(C)(C)OC(=O)NCc1ccc(C(=O)O)cc1O. The molecule has 0 saturated carbocycles. The molecule has 3 N–H and O–H groups in total. The monoisotopic (exact) mass is 267 g/mol. The third kappa shape index (κ3) is 4.87. The van der Waals surface area contributed by atoms with Crippen LogP contribution >= 0.6 is 0 Å². The minimum absolute atomic E-state index is 0.0153. The number of alkyl carbamates (subject to hydrolysis) is 1. The lowest BCUT2D eigenvalue weighted by Gasteiger charge is -2.19. The molecule has 0 fully saturated rings. The largest absolute Gasteiger partial charge is 0.508 e. The van der Waals surface area contributed by atoms with E-state index in [1.807, 2.05) is 0 Å². The van der Waals surface area contributed by atoms with Gasteiger partial charge in [-0.25, -0.2) is 9.59 Å². The molecule has 0 aromatic heterocycles. The number of hydrogen-bond acceptors (Lipinski definition) is 4. The number of ether oxygens (including phenoxy) is 1. The van der Waals surface area contributed by atoms with Crippen molar-refractivity contribution in [3.05, 3.63) is 29.3 Å². The van der Waals surface area contributed by atoms with Crippen molar-refractivity contribution in [2.45, 2.75) is 32.9 Å². The van der Waals surface area contributed by atoms with Crippen LogP contribution in [0.3, 0.4) is 0 Å². The van der Waals surface area contributed by atoms with Crippen molar-refractivity contribution in [1.29, 1.82) is 0 Å². The quantitative estimate of drug-likeness (QED) is 0.779. The van der Waals surface area contributed by atoms with Crippen molar-refractivity contribution >= 4 is 12.1 Å². The maximum Gasteiger partial charge on any atom is 0.407 e. The number of benzene rings is 1. The van der Waals surface area contributed by atoms with Crippen molar-refractivity contribution in [1.82, 2.24) is 5.32 Å². The van der Waals surface area contributed by atoms with Gasteiger partial charge in [0.05, 0.1) is 5.56 Å². The molecule has 104 valence electrons. The lowest BCUT2D eigenvalue weighted by atomic mass is 10.1. The van der Waals surface area contributed by atoms with Gasteiger partial charge in [0.15, 0.2) is 0 Å². The summed E-state index contributed by atoms with van der Waals surface area (Å²) in [6.07, 6.45) is -0.603. The number of carbonyl (C=O) groups excluding carboxylic acids is 1. The molecule has 0 aliphatic heterocycles. The molecular weight excluding hydrogens is 250 g/mol. The molecule has 0 heterocycles. The highest BCUT2D eigenvalue weighted by Crippen LogP contribution is 2.19. The van der Waals surface area contributed by atoms with Crippen LogP contribution in [0.15, 0.2) is 18.2 Å². The summed E-state index contributed by atoms with van der Waals surface area (Å²) in [5.41, 5.74) is -0.200. The topological polar surface area (TPSA) is 95.9 Å². The van der Waals surface area contributed by atoms with E-state index in [1.54, 1.807) is 20.8 Å². The van der Waals surface area contributed by atoms with Gasteiger partial charge < -0.3 is 20.3 Å². The number of aromatic carboxylic acids is 1. The van der Waals surface area contributed by atoms with E-state index in [0.717, 1.165) is 6.07 Å². The van der Waals surface area contributed by atoms with Crippen LogP contribution in [-0.4, -0.2) is 27.9 Å². The van der Waals surface area contributed by atoms with Crippen LogP contribution in [0.2, 0.25) is 0 Å². The molecule has 6 nitrogen and oxygen atoms in total. The zero-order valence-corrected chi connectivity index (χ0v) is 11.1. The minimum atomic E-state index is -1.12. The fourth-order valence-electron chi connectivity index (χ4n) is 1.33. The molecule has 1 rings (SSSR count). The van der Waals surface area contributed by atoms with Gasteiger partial charge in [-0.15, -0.1) is 0 Å². The van der Waals surface area contributed by atoms with Crippen molar-refractivity contribution in [2.24, 2.45) is 0 Å². The third-order valence-electron chi connectivity index (χ3n) is 2.15. The highest BCUT2D eigenvalue weighted by molar-refractivity contribution is 5.88. The second kappa shape index (κ2) is 5.60. The van der Waals surface area contributed by atoms with Gasteiger partial charge in [-0.1, -0.05) is 6.07 Å². The van der Waals surface area contributed by atoms with E-state index >= 15 is 0 Å². The smallest absolute Gasteiger partial charge is 0.407 e. The Bertz CT molecular complexity index is 490. The zero-order valence-electron chi connectivity index (χ0n) is 11.1. The molecule has 6 heteroatoms. The number of aromatic hydroxyl groups is 1. The lowest BCUT2D eigenvalue weighted by Crippen LogP contribution is -2.32. The Balaban J connectivity index is 2.64. The summed E-state index contributed by atoms with van der Waals surface area (Å²) in [7, 11) is 0. The highest BCUT2D eigenvalue weighted by Gasteiger charge is 2.16. The van der Waals surface area contributed by atoms with Gasteiger partial charge >= 0.3 is 12.1 Å². The summed E-state index contributed by atoms with van der Waals surface area (Å²) < 4.78 is 5.04. The Morgan fingerprint density at radius 2 is 1.95 bits per heavy atom. The summed E-state index contributed by atoms with van der Waals surface area (Å²) >= 11 is 0. The van der Waals surface area contributed by atoms with E-state index in [1.165, 1.54) is 12.1 Å². The Labute approximate surface area is 111 Å². The third-order valence-corrected chi connectivity index (χ3v) is 2.15. The van der Waals surface area contributed by atoms with Crippen LogP contribution in [0.1, 0.15) is 36.7 Å². The normalized spacial score (nSPS) is 10.9. The Kier molecular flexibility index (Phi) is 4.37. The number of rotatable bonds is 3. The van der Waals surface area contributed by atoms with E-state index < -0.39 is 17.7 Å². The fourth-order valence-corrected chi connectivity index (χ4v) is 1.33. The molecule has 0 radical (unpaired) electrons. The maximum atomic E-state index is 11.4.